The monoisotopic (exact) mass is 230 g/mol. The zero-order valence-corrected chi connectivity index (χ0v) is 10.3. The van der Waals surface area contributed by atoms with Crippen molar-refractivity contribution in [3.8, 4) is 0 Å². The van der Waals surface area contributed by atoms with E-state index in [-0.39, 0.29) is 5.92 Å². The van der Waals surface area contributed by atoms with Gasteiger partial charge in [0.1, 0.15) is 0 Å². The van der Waals surface area contributed by atoms with E-state index in [1.165, 1.54) is 0 Å². The minimum Gasteiger partial charge on any atom is -0.392 e. The summed E-state index contributed by atoms with van der Waals surface area (Å²) >= 11 is 1.75. The van der Waals surface area contributed by atoms with Crippen LogP contribution in [-0.2, 0) is 12.2 Å². The molecular formula is C10H18N2O2S. The molecule has 0 radical (unpaired) electrons. The van der Waals surface area contributed by atoms with Gasteiger partial charge in [0.15, 0.2) is 5.82 Å². The molecule has 1 aromatic heterocycles. The molecule has 1 rings (SSSR count). The third-order valence-corrected chi connectivity index (χ3v) is 2.97. The fourth-order valence-corrected chi connectivity index (χ4v) is 1.54. The Labute approximate surface area is 94.5 Å². The standard InChI is InChI=1S/C10H18N2O2S/c1-4-15-6-9-11-10(14-12-9)5-8(13)7(2)3/h7-8,13H,4-6H2,1-3H3. The van der Waals surface area contributed by atoms with Crippen LogP contribution < -0.4 is 0 Å². The molecule has 0 fully saturated rings. The molecule has 1 unspecified atom stereocenters. The van der Waals surface area contributed by atoms with Crippen LogP contribution in [0.5, 0.6) is 0 Å². The molecule has 0 aromatic carbocycles. The topological polar surface area (TPSA) is 59.2 Å². The van der Waals surface area contributed by atoms with Gasteiger partial charge in [-0.1, -0.05) is 25.9 Å². The fourth-order valence-electron chi connectivity index (χ4n) is 1.04. The predicted molar refractivity (Wildman–Crippen MR) is 60.7 cm³/mol. The first-order valence-electron chi connectivity index (χ1n) is 5.20. The second kappa shape index (κ2) is 6.12. The Bertz CT molecular complexity index is 289. The summed E-state index contributed by atoms with van der Waals surface area (Å²) in [5.74, 6) is 3.28. The van der Waals surface area contributed by atoms with Crippen LogP contribution in [0.25, 0.3) is 0 Å². The number of aromatic nitrogens is 2. The van der Waals surface area contributed by atoms with Gasteiger partial charge in [-0.15, -0.1) is 0 Å². The second-order valence-corrected chi connectivity index (χ2v) is 5.03. The van der Waals surface area contributed by atoms with E-state index in [1.807, 2.05) is 13.8 Å². The van der Waals surface area contributed by atoms with E-state index in [9.17, 15) is 5.11 Å². The summed E-state index contributed by atoms with van der Waals surface area (Å²) in [6, 6.07) is 0. The van der Waals surface area contributed by atoms with Crippen LogP contribution >= 0.6 is 11.8 Å². The molecule has 1 N–H and O–H groups in total. The summed E-state index contributed by atoms with van der Waals surface area (Å²) < 4.78 is 5.05. The molecule has 1 heterocycles. The number of hydrogen-bond acceptors (Lipinski definition) is 5. The van der Waals surface area contributed by atoms with Crippen molar-refractivity contribution in [3.63, 3.8) is 0 Å². The summed E-state index contributed by atoms with van der Waals surface area (Å²) in [4.78, 5) is 4.21. The van der Waals surface area contributed by atoms with E-state index >= 15 is 0 Å². The molecule has 1 aromatic rings. The highest BCUT2D eigenvalue weighted by molar-refractivity contribution is 7.98. The van der Waals surface area contributed by atoms with Crippen LogP contribution in [0.2, 0.25) is 0 Å². The van der Waals surface area contributed by atoms with Crippen molar-refractivity contribution in [2.24, 2.45) is 5.92 Å². The molecule has 15 heavy (non-hydrogen) atoms. The largest absolute Gasteiger partial charge is 0.392 e. The van der Waals surface area contributed by atoms with Crippen molar-refractivity contribution in [1.82, 2.24) is 10.1 Å². The molecular weight excluding hydrogens is 212 g/mol. The average Bonchev–Trinajstić information content (AvgIpc) is 2.62. The van der Waals surface area contributed by atoms with Crippen LogP contribution in [0, 0.1) is 5.92 Å². The van der Waals surface area contributed by atoms with Crippen LogP contribution in [0.1, 0.15) is 32.5 Å². The van der Waals surface area contributed by atoms with Gasteiger partial charge in [-0.3, -0.25) is 0 Å². The van der Waals surface area contributed by atoms with E-state index in [1.54, 1.807) is 11.8 Å². The Morgan fingerprint density at radius 3 is 2.80 bits per heavy atom. The van der Waals surface area contributed by atoms with E-state index in [2.05, 4.69) is 17.1 Å². The molecule has 0 saturated heterocycles. The SMILES string of the molecule is CCSCc1noc(CC(O)C(C)C)n1. The van der Waals surface area contributed by atoms with Gasteiger partial charge < -0.3 is 9.63 Å². The number of aliphatic hydroxyl groups is 1. The Morgan fingerprint density at radius 2 is 2.20 bits per heavy atom. The van der Waals surface area contributed by atoms with Crippen molar-refractivity contribution in [1.29, 1.82) is 0 Å². The highest BCUT2D eigenvalue weighted by Gasteiger charge is 2.14. The maximum Gasteiger partial charge on any atom is 0.229 e. The predicted octanol–water partition coefficient (Wildman–Crippen LogP) is 1.88. The zero-order valence-electron chi connectivity index (χ0n) is 9.43. The molecule has 0 aliphatic rings. The number of nitrogens with zero attached hydrogens (tertiary/aromatic N) is 2. The van der Waals surface area contributed by atoms with Gasteiger partial charge in [0.05, 0.1) is 18.3 Å². The fraction of sp³-hybridized carbons (Fsp3) is 0.800. The van der Waals surface area contributed by atoms with Gasteiger partial charge in [-0.25, -0.2) is 0 Å². The molecule has 86 valence electrons. The maximum atomic E-state index is 9.63. The molecule has 1 atom stereocenters. The second-order valence-electron chi connectivity index (χ2n) is 3.76. The van der Waals surface area contributed by atoms with Crippen molar-refractivity contribution in [2.45, 2.75) is 39.0 Å². The molecule has 0 bridgehead atoms. The quantitative estimate of drug-likeness (QED) is 0.808. The van der Waals surface area contributed by atoms with Gasteiger partial charge in [0, 0.05) is 0 Å². The van der Waals surface area contributed by atoms with Gasteiger partial charge >= 0.3 is 0 Å². The van der Waals surface area contributed by atoms with E-state index < -0.39 is 6.10 Å². The number of aliphatic hydroxyl groups excluding tert-OH is 1. The van der Waals surface area contributed by atoms with Gasteiger partial charge in [0.25, 0.3) is 0 Å². The number of hydrogen-bond donors (Lipinski definition) is 1. The Morgan fingerprint density at radius 1 is 1.47 bits per heavy atom. The Kier molecular flexibility index (Phi) is 5.11. The third kappa shape index (κ3) is 4.22. The normalized spacial score (nSPS) is 13.4. The minimum absolute atomic E-state index is 0.213. The highest BCUT2D eigenvalue weighted by Crippen LogP contribution is 2.11. The van der Waals surface area contributed by atoms with Crippen LogP contribution in [0.15, 0.2) is 4.52 Å². The van der Waals surface area contributed by atoms with Crippen molar-refractivity contribution in [3.05, 3.63) is 11.7 Å². The van der Waals surface area contributed by atoms with E-state index in [0.29, 0.717) is 18.1 Å². The Balaban J connectivity index is 2.45. The number of rotatable bonds is 6. The molecule has 0 aliphatic heterocycles. The molecule has 4 nitrogen and oxygen atoms in total. The maximum absolute atomic E-state index is 9.63. The molecule has 0 amide bonds. The van der Waals surface area contributed by atoms with Gasteiger partial charge in [-0.05, 0) is 11.7 Å². The lowest BCUT2D eigenvalue weighted by atomic mass is 10.0. The molecule has 0 aliphatic carbocycles. The van der Waals surface area contributed by atoms with E-state index in [4.69, 9.17) is 4.52 Å². The van der Waals surface area contributed by atoms with Gasteiger partial charge in [-0.2, -0.15) is 16.7 Å². The summed E-state index contributed by atoms with van der Waals surface area (Å²) in [7, 11) is 0. The molecule has 0 saturated carbocycles. The lowest BCUT2D eigenvalue weighted by molar-refractivity contribution is 0.116. The van der Waals surface area contributed by atoms with Crippen molar-refractivity contribution < 1.29 is 9.63 Å². The minimum atomic E-state index is -0.405. The number of thioether (sulfide) groups is 1. The Hall–Kier alpha value is -0.550. The van der Waals surface area contributed by atoms with Crippen LogP contribution in [0.4, 0.5) is 0 Å². The summed E-state index contributed by atoms with van der Waals surface area (Å²) in [5.41, 5.74) is 0. The lowest BCUT2D eigenvalue weighted by Gasteiger charge is -2.10. The smallest absolute Gasteiger partial charge is 0.229 e. The van der Waals surface area contributed by atoms with Gasteiger partial charge in [0.2, 0.25) is 5.89 Å². The summed E-state index contributed by atoms with van der Waals surface area (Å²) in [6.07, 6.45) is 0.0405. The zero-order chi connectivity index (χ0) is 11.3. The van der Waals surface area contributed by atoms with E-state index in [0.717, 1.165) is 11.5 Å². The van der Waals surface area contributed by atoms with Crippen molar-refractivity contribution >= 4 is 11.8 Å². The van der Waals surface area contributed by atoms with Crippen molar-refractivity contribution in [2.75, 3.05) is 5.75 Å². The summed E-state index contributed by atoms with van der Waals surface area (Å²) in [5, 5.41) is 13.5. The first-order chi connectivity index (χ1) is 7.13. The first-order valence-corrected chi connectivity index (χ1v) is 6.36. The van der Waals surface area contributed by atoms with Crippen LogP contribution in [-0.4, -0.2) is 27.1 Å². The lowest BCUT2D eigenvalue weighted by Crippen LogP contribution is -2.17. The summed E-state index contributed by atoms with van der Waals surface area (Å²) in [6.45, 7) is 6.03. The molecule has 0 spiro atoms. The van der Waals surface area contributed by atoms with Crippen LogP contribution in [0.3, 0.4) is 0 Å². The first kappa shape index (κ1) is 12.5. The molecule has 5 heteroatoms. The third-order valence-electron chi connectivity index (χ3n) is 2.10. The average molecular weight is 230 g/mol. The highest BCUT2D eigenvalue weighted by atomic mass is 32.2.